The first-order valence-electron chi connectivity index (χ1n) is 9.56. The van der Waals surface area contributed by atoms with Crippen LogP contribution in [0, 0.1) is 5.82 Å². The summed E-state index contributed by atoms with van der Waals surface area (Å²) < 4.78 is 16.5. The van der Waals surface area contributed by atoms with E-state index >= 15 is 0 Å². The van der Waals surface area contributed by atoms with Crippen LogP contribution in [-0.4, -0.2) is 51.7 Å². The molecule has 1 amide bonds. The van der Waals surface area contributed by atoms with Gasteiger partial charge in [0.2, 0.25) is 11.3 Å². The van der Waals surface area contributed by atoms with Crippen LogP contribution in [0.5, 0.6) is 0 Å². The number of carboxylic acid groups (broad SMARTS) is 1. The van der Waals surface area contributed by atoms with Gasteiger partial charge in [0.1, 0.15) is 11.2 Å². The van der Waals surface area contributed by atoms with Crippen molar-refractivity contribution in [2.45, 2.75) is 44.3 Å². The summed E-state index contributed by atoms with van der Waals surface area (Å²) in [4.78, 5) is 41.9. The van der Waals surface area contributed by atoms with Crippen molar-refractivity contribution >= 4 is 28.7 Å². The average molecular weight is 403 g/mol. The van der Waals surface area contributed by atoms with Gasteiger partial charge in [-0.25, -0.2) is 14.2 Å². The maximum Gasteiger partial charge on any atom is 0.341 e. The largest absolute Gasteiger partial charge is 0.477 e. The van der Waals surface area contributed by atoms with Crippen molar-refractivity contribution in [3.8, 4) is 0 Å². The predicted octanol–water partition coefficient (Wildman–Crippen LogP) is 0.611. The first-order chi connectivity index (χ1) is 13.8. The van der Waals surface area contributed by atoms with Crippen LogP contribution in [0.2, 0.25) is 0 Å². The Balaban J connectivity index is 1.72. The number of fused-ring (bicyclic) bond motifs is 1. The minimum Gasteiger partial charge on any atom is -0.477 e. The van der Waals surface area contributed by atoms with Crippen molar-refractivity contribution in [3.63, 3.8) is 0 Å². The molecule has 2 aromatic rings. The minimum absolute atomic E-state index is 0.0425. The number of carboxylic acids is 1. The molecule has 4 N–H and O–H groups in total. The molecule has 154 valence electrons. The van der Waals surface area contributed by atoms with Crippen LogP contribution in [0.4, 0.5) is 10.2 Å². The van der Waals surface area contributed by atoms with Crippen molar-refractivity contribution in [3.05, 3.63) is 33.9 Å². The molecule has 2 fully saturated rings. The van der Waals surface area contributed by atoms with E-state index in [2.05, 4.69) is 10.3 Å². The Kier molecular flexibility index (Phi) is 4.73. The van der Waals surface area contributed by atoms with E-state index in [-0.39, 0.29) is 34.8 Å². The third-order valence-corrected chi connectivity index (χ3v) is 5.36. The Morgan fingerprint density at radius 1 is 1.38 bits per heavy atom. The van der Waals surface area contributed by atoms with Gasteiger partial charge < -0.3 is 25.6 Å². The van der Waals surface area contributed by atoms with Gasteiger partial charge >= 0.3 is 5.97 Å². The molecular weight excluding hydrogens is 381 g/mol. The van der Waals surface area contributed by atoms with Crippen LogP contribution < -0.4 is 21.4 Å². The molecule has 2 aromatic heterocycles. The van der Waals surface area contributed by atoms with Crippen molar-refractivity contribution < 1.29 is 19.1 Å². The second kappa shape index (κ2) is 7.11. The minimum atomic E-state index is -1.34. The number of aromatic carboxylic acids is 1. The third-order valence-electron chi connectivity index (χ3n) is 5.36. The number of nitrogens with zero attached hydrogens (tertiary/aromatic N) is 3. The molecule has 1 unspecified atom stereocenters. The Labute approximate surface area is 165 Å². The molecule has 9 nitrogen and oxygen atoms in total. The fourth-order valence-electron chi connectivity index (χ4n) is 3.65. The smallest absolute Gasteiger partial charge is 0.341 e. The third kappa shape index (κ3) is 3.55. The Hall–Kier alpha value is -3.01. The van der Waals surface area contributed by atoms with E-state index in [1.54, 1.807) is 16.4 Å². The van der Waals surface area contributed by atoms with Crippen LogP contribution >= 0.6 is 0 Å². The van der Waals surface area contributed by atoms with Crippen molar-refractivity contribution in [2.24, 2.45) is 5.73 Å². The molecule has 0 aromatic carbocycles. The molecule has 2 aliphatic rings. The van der Waals surface area contributed by atoms with E-state index in [1.807, 2.05) is 0 Å². The number of halogens is 1. The van der Waals surface area contributed by atoms with Gasteiger partial charge in [-0.15, -0.1) is 0 Å². The van der Waals surface area contributed by atoms with Gasteiger partial charge in [-0.1, -0.05) is 0 Å². The number of pyridine rings is 2. The highest BCUT2D eigenvalue weighted by Gasteiger charge is 2.31. The lowest BCUT2D eigenvalue weighted by atomic mass is 10.2. The number of hydrogen-bond donors (Lipinski definition) is 3. The van der Waals surface area contributed by atoms with Gasteiger partial charge in [0, 0.05) is 31.4 Å². The zero-order valence-electron chi connectivity index (χ0n) is 15.9. The first kappa shape index (κ1) is 19.3. The maximum atomic E-state index is 14.8. The lowest BCUT2D eigenvalue weighted by Crippen LogP contribution is -2.45. The lowest BCUT2D eigenvalue weighted by molar-refractivity contribution is -0.122. The number of nitrogens with one attached hydrogen (secondary N) is 1. The number of amides is 1. The number of aromatic nitrogens is 2. The van der Waals surface area contributed by atoms with Gasteiger partial charge in [0.25, 0.3) is 0 Å². The number of carbonyl (C=O) groups excluding carboxylic acids is 1. The van der Waals surface area contributed by atoms with E-state index in [0.717, 1.165) is 18.9 Å². The predicted molar refractivity (Wildman–Crippen MR) is 104 cm³/mol. The summed E-state index contributed by atoms with van der Waals surface area (Å²) in [5, 5.41) is 12.1. The normalized spacial score (nSPS) is 20.1. The molecule has 1 aliphatic heterocycles. The van der Waals surface area contributed by atoms with Gasteiger partial charge in [-0.2, -0.15) is 0 Å². The van der Waals surface area contributed by atoms with Gasteiger partial charge in [-0.05, 0) is 32.3 Å². The molecular formula is C19H22FN5O4. The van der Waals surface area contributed by atoms with Crippen molar-refractivity contribution in [2.75, 3.05) is 18.0 Å². The van der Waals surface area contributed by atoms with Crippen LogP contribution in [0.1, 0.15) is 42.6 Å². The van der Waals surface area contributed by atoms with E-state index in [1.165, 1.54) is 6.20 Å². The molecule has 0 bridgehead atoms. The Morgan fingerprint density at radius 3 is 2.72 bits per heavy atom. The van der Waals surface area contributed by atoms with Crippen molar-refractivity contribution in [1.82, 2.24) is 14.9 Å². The quantitative estimate of drug-likeness (QED) is 0.667. The Morgan fingerprint density at radius 2 is 2.10 bits per heavy atom. The molecule has 0 spiro atoms. The molecule has 0 radical (unpaired) electrons. The number of carbonyl (C=O) groups is 2. The highest BCUT2D eigenvalue weighted by atomic mass is 19.1. The molecule has 4 rings (SSSR count). The molecule has 29 heavy (non-hydrogen) atoms. The number of nitrogens with two attached hydrogens (primary N) is 1. The topological polar surface area (TPSA) is 131 Å². The van der Waals surface area contributed by atoms with Crippen LogP contribution in [-0.2, 0) is 4.79 Å². The van der Waals surface area contributed by atoms with Crippen molar-refractivity contribution in [1.29, 1.82) is 0 Å². The summed E-state index contributed by atoms with van der Waals surface area (Å²) in [7, 11) is 0. The summed E-state index contributed by atoms with van der Waals surface area (Å²) in [6.45, 7) is 2.45. The SMILES string of the molecule is C[C@H](N)C(=O)NC1CCN(c2nc3c(cc2F)c(=O)c(C(=O)O)cn3C2CC2)C1. The highest BCUT2D eigenvalue weighted by molar-refractivity contribution is 5.92. The zero-order valence-corrected chi connectivity index (χ0v) is 15.9. The van der Waals surface area contributed by atoms with Gasteiger partial charge in [0.05, 0.1) is 11.4 Å². The molecule has 1 saturated carbocycles. The zero-order chi connectivity index (χ0) is 20.9. The number of anilines is 1. The molecule has 1 aliphatic carbocycles. The molecule has 1 saturated heterocycles. The van der Waals surface area contributed by atoms with Crippen LogP contribution in [0.25, 0.3) is 11.0 Å². The monoisotopic (exact) mass is 403 g/mol. The number of rotatable bonds is 5. The first-order valence-corrected chi connectivity index (χ1v) is 9.56. The average Bonchev–Trinajstić information content (AvgIpc) is 3.40. The standard InChI is InChI=1S/C19H22FN5O4/c1-9(21)18(27)22-10-4-5-24(7-10)17-14(20)6-12-15(26)13(19(28)29)8-25(11-2-3-11)16(12)23-17/h6,8-11H,2-5,7,21H2,1H3,(H,22,27)(H,28,29)/t9-,10?/m0/s1. The molecule has 10 heteroatoms. The van der Waals surface area contributed by atoms with Gasteiger partial charge in [-0.3, -0.25) is 9.59 Å². The van der Waals surface area contributed by atoms with Crippen LogP contribution in [0.3, 0.4) is 0 Å². The van der Waals surface area contributed by atoms with E-state index < -0.39 is 28.8 Å². The van der Waals surface area contributed by atoms with E-state index in [0.29, 0.717) is 19.5 Å². The fraction of sp³-hybridized carbons (Fsp3) is 0.474. The maximum absolute atomic E-state index is 14.8. The second-order valence-corrected chi connectivity index (χ2v) is 7.71. The second-order valence-electron chi connectivity index (χ2n) is 7.71. The fourth-order valence-corrected chi connectivity index (χ4v) is 3.65. The summed E-state index contributed by atoms with van der Waals surface area (Å²) in [5.41, 5.74) is 4.72. The van der Waals surface area contributed by atoms with E-state index in [4.69, 9.17) is 5.73 Å². The molecule has 3 heterocycles. The van der Waals surface area contributed by atoms with Gasteiger partial charge in [0.15, 0.2) is 11.6 Å². The number of hydrogen-bond acceptors (Lipinski definition) is 6. The lowest BCUT2D eigenvalue weighted by Gasteiger charge is -2.20. The molecule has 2 atom stereocenters. The van der Waals surface area contributed by atoms with Crippen LogP contribution in [0.15, 0.2) is 17.1 Å². The Bertz CT molecular complexity index is 1060. The van der Waals surface area contributed by atoms with E-state index in [9.17, 15) is 23.9 Å². The summed E-state index contributed by atoms with van der Waals surface area (Å²) in [5.74, 6) is -2.22. The summed E-state index contributed by atoms with van der Waals surface area (Å²) in [6.07, 6.45) is 3.61. The highest BCUT2D eigenvalue weighted by Crippen LogP contribution is 2.37. The summed E-state index contributed by atoms with van der Waals surface area (Å²) in [6, 6.07) is 0.319. The summed E-state index contributed by atoms with van der Waals surface area (Å²) >= 11 is 0.